The van der Waals surface area contributed by atoms with Crippen LogP contribution in [0, 0.1) is 24.4 Å². The van der Waals surface area contributed by atoms with Gasteiger partial charge >= 0.3 is 6.03 Å². The molecule has 0 radical (unpaired) electrons. The minimum atomic E-state index is -1.68. The van der Waals surface area contributed by atoms with Gasteiger partial charge in [0.2, 0.25) is 5.91 Å². The van der Waals surface area contributed by atoms with Crippen LogP contribution in [0.5, 0.6) is 0 Å². The molecule has 3 N–H and O–H groups in total. The van der Waals surface area contributed by atoms with Gasteiger partial charge in [0.25, 0.3) is 0 Å². The van der Waals surface area contributed by atoms with Crippen molar-refractivity contribution in [1.29, 1.82) is 0 Å². The summed E-state index contributed by atoms with van der Waals surface area (Å²) in [6.07, 6.45) is 0. The SMILES string of the molecule is Cc1csc(C(C)NC(=O)NCC(=O)Nc2ccc(F)c(F)c2F)n1. The number of carbonyl (C=O) groups excluding carboxylic acids is 2. The third-order valence-corrected chi connectivity index (χ3v) is 4.22. The molecular formula is C15H15F3N4O2S. The minimum Gasteiger partial charge on any atom is -0.329 e. The third-order valence-electron chi connectivity index (χ3n) is 3.07. The Bertz CT molecular complexity index is 797. The Balaban J connectivity index is 1.83. The zero-order chi connectivity index (χ0) is 18.6. The molecule has 6 nitrogen and oxygen atoms in total. The van der Waals surface area contributed by atoms with E-state index in [1.54, 1.807) is 6.92 Å². The van der Waals surface area contributed by atoms with Crippen molar-refractivity contribution in [2.45, 2.75) is 19.9 Å². The molecule has 1 unspecified atom stereocenters. The van der Waals surface area contributed by atoms with E-state index in [1.165, 1.54) is 11.3 Å². The highest BCUT2D eigenvalue weighted by Gasteiger charge is 2.16. The molecule has 0 aliphatic rings. The van der Waals surface area contributed by atoms with E-state index in [0.717, 1.165) is 11.8 Å². The number of carbonyl (C=O) groups is 2. The van der Waals surface area contributed by atoms with Crippen molar-refractivity contribution < 1.29 is 22.8 Å². The largest absolute Gasteiger partial charge is 0.329 e. The minimum absolute atomic E-state index is 0.356. The van der Waals surface area contributed by atoms with Gasteiger partial charge in [0.1, 0.15) is 5.01 Å². The highest BCUT2D eigenvalue weighted by Crippen LogP contribution is 2.19. The van der Waals surface area contributed by atoms with Crippen molar-refractivity contribution in [3.63, 3.8) is 0 Å². The first-order valence-corrected chi connectivity index (χ1v) is 8.05. The Hall–Kier alpha value is -2.62. The quantitative estimate of drug-likeness (QED) is 0.706. The van der Waals surface area contributed by atoms with E-state index in [2.05, 4.69) is 15.6 Å². The molecule has 1 atom stereocenters. The van der Waals surface area contributed by atoms with Crippen molar-refractivity contribution in [3.05, 3.63) is 45.7 Å². The van der Waals surface area contributed by atoms with E-state index in [1.807, 2.05) is 17.6 Å². The molecule has 0 fully saturated rings. The standard InChI is InChI=1S/C15H15F3N4O2S/c1-7-6-25-14(20-7)8(2)21-15(24)19-5-11(23)22-10-4-3-9(16)12(17)13(10)18/h3-4,6,8H,5H2,1-2H3,(H,22,23)(H2,19,21,24). The van der Waals surface area contributed by atoms with Crippen molar-refractivity contribution >= 4 is 29.0 Å². The number of rotatable bonds is 5. The first kappa shape index (κ1) is 18.7. The Morgan fingerprint density at radius 1 is 1.24 bits per heavy atom. The van der Waals surface area contributed by atoms with Crippen LogP contribution in [0.15, 0.2) is 17.5 Å². The summed E-state index contributed by atoms with van der Waals surface area (Å²) in [5.74, 6) is -5.35. The Morgan fingerprint density at radius 2 is 1.96 bits per heavy atom. The van der Waals surface area contributed by atoms with Gasteiger partial charge in [-0.2, -0.15) is 0 Å². The van der Waals surface area contributed by atoms with Crippen molar-refractivity contribution in [2.75, 3.05) is 11.9 Å². The summed E-state index contributed by atoms with van der Waals surface area (Å²) in [6.45, 7) is 3.08. The number of thiazole rings is 1. The normalized spacial score (nSPS) is 11.7. The molecule has 10 heteroatoms. The average Bonchev–Trinajstić information content (AvgIpc) is 3.00. The maximum atomic E-state index is 13.4. The number of benzene rings is 1. The van der Waals surface area contributed by atoms with Gasteiger partial charge in [0.15, 0.2) is 17.5 Å². The fourth-order valence-electron chi connectivity index (χ4n) is 1.86. The van der Waals surface area contributed by atoms with Crippen molar-refractivity contribution in [3.8, 4) is 0 Å². The number of hydrogen-bond donors (Lipinski definition) is 3. The van der Waals surface area contributed by atoms with Gasteiger partial charge in [-0.25, -0.2) is 22.9 Å². The average molecular weight is 372 g/mol. The monoisotopic (exact) mass is 372 g/mol. The van der Waals surface area contributed by atoms with Crippen LogP contribution < -0.4 is 16.0 Å². The smallest absolute Gasteiger partial charge is 0.315 e. The first-order chi connectivity index (χ1) is 11.8. The summed E-state index contributed by atoms with van der Waals surface area (Å²) in [5, 5.41) is 9.47. The molecule has 1 aromatic carbocycles. The second-order valence-electron chi connectivity index (χ2n) is 5.15. The Morgan fingerprint density at radius 3 is 2.60 bits per heavy atom. The lowest BCUT2D eigenvalue weighted by Crippen LogP contribution is -2.41. The third kappa shape index (κ3) is 4.92. The molecule has 25 heavy (non-hydrogen) atoms. The van der Waals surface area contributed by atoms with Gasteiger partial charge in [-0.3, -0.25) is 4.79 Å². The van der Waals surface area contributed by atoms with Gasteiger partial charge < -0.3 is 16.0 Å². The van der Waals surface area contributed by atoms with Gasteiger partial charge in [0.05, 0.1) is 18.3 Å². The molecule has 1 aromatic heterocycles. The molecule has 0 bridgehead atoms. The highest BCUT2D eigenvalue weighted by atomic mass is 32.1. The summed E-state index contributed by atoms with van der Waals surface area (Å²) in [4.78, 5) is 27.7. The number of hydrogen-bond acceptors (Lipinski definition) is 4. The number of amides is 3. The second-order valence-corrected chi connectivity index (χ2v) is 6.04. The van der Waals surface area contributed by atoms with Gasteiger partial charge in [-0.1, -0.05) is 0 Å². The molecule has 0 saturated carbocycles. The molecule has 2 aromatic rings. The number of aromatic nitrogens is 1. The Labute approximate surface area is 145 Å². The van der Waals surface area contributed by atoms with E-state index in [-0.39, 0.29) is 6.04 Å². The van der Waals surface area contributed by atoms with Crippen LogP contribution in [-0.4, -0.2) is 23.5 Å². The number of anilines is 1. The fourth-order valence-corrected chi connectivity index (χ4v) is 2.66. The lowest BCUT2D eigenvalue weighted by molar-refractivity contribution is -0.115. The second kappa shape index (κ2) is 7.97. The van der Waals surface area contributed by atoms with Gasteiger partial charge in [0, 0.05) is 11.1 Å². The van der Waals surface area contributed by atoms with Crippen LogP contribution in [0.1, 0.15) is 23.7 Å². The molecule has 0 saturated heterocycles. The predicted octanol–water partition coefficient (Wildman–Crippen LogP) is 2.87. The summed E-state index contributed by atoms with van der Waals surface area (Å²) in [7, 11) is 0. The van der Waals surface area contributed by atoms with Crippen LogP contribution >= 0.6 is 11.3 Å². The maximum absolute atomic E-state index is 13.4. The van der Waals surface area contributed by atoms with Crippen LogP contribution in [0.25, 0.3) is 0 Å². The molecule has 1 heterocycles. The number of halogens is 3. The number of nitrogens with one attached hydrogen (secondary N) is 3. The molecule has 134 valence electrons. The summed E-state index contributed by atoms with van der Waals surface area (Å²) in [5.41, 5.74) is 0.319. The van der Waals surface area contributed by atoms with E-state index >= 15 is 0 Å². The zero-order valence-corrected chi connectivity index (χ0v) is 14.1. The highest BCUT2D eigenvalue weighted by molar-refractivity contribution is 7.09. The molecule has 0 spiro atoms. The fraction of sp³-hybridized carbons (Fsp3) is 0.267. The van der Waals surface area contributed by atoms with Crippen LogP contribution in [0.2, 0.25) is 0 Å². The van der Waals surface area contributed by atoms with E-state index < -0.39 is 41.6 Å². The summed E-state index contributed by atoms with van der Waals surface area (Å²) >= 11 is 1.39. The van der Waals surface area contributed by atoms with Crippen LogP contribution in [0.3, 0.4) is 0 Å². The predicted molar refractivity (Wildman–Crippen MR) is 86.7 cm³/mol. The van der Waals surface area contributed by atoms with Crippen molar-refractivity contribution in [2.24, 2.45) is 0 Å². The number of urea groups is 1. The summed E-state index contributed by atoms with van der Waals surface area (Å²) < 4.78 is 39.3. The lowest BCUT2D eigenvalue weighted by Gasteiger charge is -2.12. The van der Waals surface area contributed by atoms with Crippen molar-refractivity contribution in [1.82, 2.24) is 15.6 Å². The maximum Gasteiger partial charge on any atom is 0.315 e. The van der Waals surface area contributed by atoms with E-state index in [4.69, 9.17) is 0 Å². The van der Waals surface area contributed by atoms with Crippen LogP contribution in [-0.2, 0) is 4.79 Å². The van der Waals surface area contributed by atoms with Crippen LogP contribution in [0.4, 0.5) is 23.7 Å². The number of nitrogens with zero attached hydrogens (tertiary/aromatic N) is 1. The first-order valence-electron chi connectivity index (χ1n) is 7.17. The molecule has 3 amide bonds. The summed E-state index contributed by atoms with van der Waals surface area (Å²) in [6, 6.07) is 0.594. The molecule has 0 aliphatic heterocycles. The molecule has 0 aliphatic carbocycles. The van der Waals surface area contributed by atoms with E-state index in [9.17, 15) is 22.8 Å². The lowest BCUT2D eigenvalue weighted by atomic mass is 10.2. The molecule has 2 rings (SSSR count). The van der Waals surface area contributed by atoms with E-state index in [0.29, 0.717) is 11.1 Å². The Kier molecular flexibility index (Phi) is 5.97. The molecular weight excluding hydrogens is 357 g/mol. The van der Waals surface area contributed by atoms with Gasteiger partial charge in [-0.15, -0.1) is 11.3 Å². The van der Waals surface area contributed by atoms with Gasteiger partial charge in [-0.05, 0) is 26.0 Å². The zero-order valence-electron chi connectivity index (χ0n) is 13.3. The number of aryl methyl sites for hydroxylation is 1. The topological polar surface area (TPSA) is 83.1 Å².